The summed E-state index contributed by atoms with van der Waals surface area (Å²) in [6.45, 7) is 6.08. The van der Waals surface area contributed by atoms with E-state index in [0.29, 0.717) is 28.8 Å². The topological polar surface area (TPSA) is 86.6 Å². The number of fused-ring (bicyclic) bond motifs is 1. The Hall–Kier alpha value is -3.00. The van der Waals surface area contributed by atoms with Crippen LogP contribution in [-0.2, 0) is 14.6 Å². The average Bonchev–Trinajstić information content (AvgIpc) is 3.62. The quantitative estimate of drug-likeness (QED) is 0.352. The van der Waals surface area contributed by atoms with Crippen LogP contribution in [0.1, 0.15) is 58.9 Å². The van der Waals surface area contributed by atoms with Crippen molar-refractivity contribution in [1.29, 1.82) is 0 Å². The van der Waals surface area contributed by atoms with Crippen LogP contribution in [0.5, 0.6) is 5.75 Å². The van der Waals surface area contributed by atoms with Gasteiger partial charge in [0.1, 0.15) is 16.7 Å². The number of aromatic nitrogens is 1. The Morgan fingerprint density at radius 2 is 1.81 bits per heavy atom. The maximum Gasteiger partial charge on any atom is 0.411 e. The van der Waals surface area contributed by atoms with Crippen LogP contribution in [0, 0.1) is 5.92 Å². The van der Waals surface area contributed by atoms with Crippen molar-refractivity contribution in [3.05, 3.63) is 42.5 Å². The van der Waals surface area contributed by atoms with E-state index >= 15 is 0 Å². The molecule has 2 fully saturated rings. The normalized spacial score (nSPS) is 17.0. The number of ether oxygens (including phenoxy) is 2. The van der Waals surface area contributed by atoms with E-state index in [2.05, 4.69) is 9.88 Å². The number of nitrogens with zero attached hydrogens (tertiary/aromatic N) is 1. The third kappa shape index (κ3) is 4.71. The van der Waals surface area contributed by atoms with E-state index in [4.69, 9.17) is 9.47 Å². The second-order valence-corrected chi connectivity index (χ2v) is 12.0. The zero-order chi connectivity index (χ0) is 25.4. The first-order chi connectivity index (χ1) is 17.3. The molecule has 1 heterocycles. The first kappa shape index (κ1) is 24.7. The number of carbonyl (C=O) groups excluding carboxylic acids is 1. The molecule has 1 unspecified atom stereocenters. The SMILES string of the molecule is CCOc1ccc2c(S(=O)(=O)CC)c(-c3ccc(NC(=O)OC(C)C4CC4)cc3)n(C3CCC3)c2c1. The smallest absolute Gasteiger partial charge is 0.411 e. The molecule has 1 N–H and O–H groups in total. The highest BCUT2D eigenvalue weighted by Crippen LogP contribution is 2.45. The molecule has 2 aliphatic rings. The lowest BCUT2D eigenvalue weighted by Crippen LogP contribution is -2.21. The van der Waals surface area contributed by atoms with Crippen LogP contribution in [0.25, 0.3) is 22.2 Å². The van der Waals surface area contributed by atoms with Crippen molar-refractivity contribution < 1.29 is 22.7 Å². The number of hydrogen-bond acceptors (Lipinski definition) is 5. The van der Waals surface area contributed by atoms with Crippen LogP contribution in [0.2, 0.25) is 0 Å². The molecule has 1 atom stereocenters. The molecule has 1 amide bonds. The molecule has 0 aliphatic heterocycles. The summed E-state index contributed by atoms with van der Waals surface area (Å²) >= 11 is 0. The molecule has 2 saturated carbocycles. The van der Waals surface area contributed by atoms with Crippen LogP contribution in [0.4, 0.5) is 10.5 Å². The number of rotatable bonds is 9. The maximum atomic E-state index is 13.4. The Labute approximate surface area is 212 Å². The van der Waals surface area contributed by atoms with Crippen LogP contribution in [0.15, 0.2) is 47.4 Å². The lowest BCUT2D eigenvalue weighted by Gasteiger charge is -2.30. The highest BCUT2D eigenvalue weighted by molar-refractivity contribution is 7.91. The minimum atomic E-state index is -3.52. The number of nitrogens with one attached hydrogen (secondary N) is 1. The molecule has 0 saturated heterocycles. The lowest BCUT2D eigenvalue weighted by molar-refractivity contribution is 0.108. The van der Waals surface area contributed by atoms with E-state index in [9.17, 15) is 13.2 Å². The molecule has 1 aromatic heterocycles. The predicted molar refractivity (Wildman–Crippen MR) is 141 cm³/mol. The van der Waals surface area contributed by atoms with Gasteiger partial charge in [-0.25, -0.2) is 13.2 Å². The van der Waals surface area contributed by atoms with Crippen molar-refractivity contribution in [3.8, 4) is 17.0 Å². The Morgan fingerprint density at radius 1 is 1.08 bits per heavy atom. The molecule has 36 heavy (non-hydrogen) atoms. The van der Waals surface area contributed by atoms with Crippen molar-refractivity contribution in [2.45, 2.75) is 69.9 Å². The number of hydrogen-bond donors (Lipinski definition) is 1. The summed E-state index contributed by atoms with van der Waals surface area (Å²) in [6.07, 6.45) is 4.78. The summed E-state index contributed by atoms with van der Waals surface area (Å²) in [6, 6.07) is 13.3. The van der Waals surface area contributed by atoms with E-state index in [0.717, 1.165) is 54.3 Å². The average molecular weight is 511 g/mol. The van der Waals surface area contributed by atoms with E-state index in [1.807, 2.05) is 44.2 Å². The first-order valence-electron chi connectivity index (χ1n) is 12.9. The summed E-state index contributed by atoms with van der Waals surface area (Å²) in [5.41, 5.74) is 3.00. The highest BCUT2D eigenvalue weighted by Gasteiger charge is 2.33. The Morgan fingerprint density at radius 3 is 2.39 bits per heavy atom. The summed E-state index contributed by atoms with van der Waals surface area (Å²) in [5, 5.41) is 3.52. The van der Waals surface area contributed by atoms with Gasteiger partial charge in [-0.05, 0) is 81.7 Å². The van der Waals surface area contributed by atoms with Gasteiger partial charge in [0.25, 0.3) is 0 Å². The van der Waals surface area contributed by atoms with Gasteiger partial charge in [0.15, 0.2) is 9.84 Å². The Bertz CT molecular complexity index is 1370. The third-order valence-corrected chi connectivity index (χ3v) is 9.15. The largest absolute Gasteiger partial charge is 0.494 e. The van der Waals surface area contributed by atoms with Gasteiger partial charge in [0.2, 0.25) is 0 Å². The summed E-state index contributed by atoms with van der Waals surface area (Å²) in [4.78, 5) is 12.7. The summed E-state index contributed by atoms with van der Waals surface area (Å²) in [5.74, 6) is 1.21. The van der Waals surface area contributed by atoms with E-state index < -0.39 is 15.9 Å². The lowest BCUT2D eigenvalue weighted by atomic mass is 9.92. The standard InChI is InChI=1S/C28H34N2O5S/c1-4-34-23-15-16-24-25(17-23)30(22-7-6-8-22)26(27(24)36(32,33)5-2)20-11-13-21(14-12-20)29-28(31)35-18(3)19-9-10-19/h11-19,22H,4-10H2,1-3H3,(H,29,31). The second kappa shape index (κ2) is 9.81. The molecule has 2 aromatic carbocycles. The monoisotopic (exact) mass is 510 g/mol. The first-order valence-corrected chi connectivity index (χ1v) is 14.6. The Balaban J connectivity index is 1.57. The molecular formula is C28H34N2O5S. The molecule has 5 rings (SSSR count). The number of amides is 1. The number of sulfone groups is 1. The molecule has 0 radical (unpaired) electrons. The number of anilines is 1. The van der Waals surface area contributed by atoms with Crippen LogP contribution in [0.3, 0.4) is 0 Å². The zero-order valence-electron chi connectivity index (χ0n) is 21.1. The fourth-order valence-corrected chi connectivity index (χ4v) is 6.27. The van der Waals surface area contributed by atoms with Gasteiger partial charge in [-0.15, -0.1) is 0 Å². The minimum absolute atomic E-state index is 0.0155. The van der Waals surface area contributed by atoms with Crippen molar-refractivity contribution in [3.63, 3.8) is 0 Å². The van der Waals surface area contributed by atoms with Crippen molar-refractivity contribution in [1.82, 2.24) is 4.57 Å². The summed E-state index contributed by atoms with van der Waals surface area (Å²) < 4.78 is 40.3. The van der Waals surface area contributed by atoms with E-state index in [-0.39, 0.29) is 17.9 Å². The highest BCUT2D eigenvalue weighted by atomic mass is 32.2. The molecule has 0 bridgehead atoms. The van der Waals surface area contributed by atoms with Gasteiger partial charge in [-0.2, -0.15) is 0 Å². The maximum absolute atomic E-state index is 13.4. The van der Waals surface area contributed by atoms with Gasteiger partial charge in [0.05, 0.1) is 23.6 Å². The van der Waals surface area contributed by atoms with Gasteiger partial charge in [-0.3, -0.25) is 5.32 Å². The van der Waals surface area contributed by atoms with Gasteiger partial charge in [-0.1, -0.05) is 19.1 Å². The predicted octanol–water partition coefficient (Wildman–Crippen LogP) is 6.57. The Kier molecular flexibility index (Phi) is 6.72. The molecule has 8 heteroatoms. The van der Waals surface area contributed by atoms with Crippen molar-refractivity contribution in [2.24, 2.45) is 5.92 Å². The zero-order valence-corrected chi connectivity index (χ0v) is 21.9. The fourth-order valence-electron chi connectivity index (χ4n) is 4.96. The molecule has 2 aliphatic carbocycles. The van der Waals surface area contributed by atoms with Gasteiger partial charge < -0.3 is 14.0 Å². The third-order valence-electron chi connectivity index (χ3n) is 7.35. The second-order valence-electron chi connectivity index (χ2n) is 9.80. The van der Waals surface area contributed by atoms with Crippen LogP contribution < -0.4 is 10.1 Å². The van der Waals surface area contributed by atoms with E-state index in [1.165, 1.54) is 0 Å². The fraction of sp³-hybridized carbons (Fsp3) is 0.464. The summed E-state index contributed by atoms with van der Waals surface area (Å²) in [7, 11) is -3.52. The van der Waals surface area contributed by atoms with Crippen molar-refractivity contribution >= 4 is 32.5 Å². The van der Waals surface area contributed by atoms with Gasteiger partial charge >= 0.3 is 6.09 Å². The molecular weight excluding hydrogens is 476 g/mol. The minimum Gasteiger partial charge on any atom is -0.494 e. The molecule has 7 nitrogen and oxygen atoms in total. The van der Waals surface area contributed by atoms with Gasteiger partial charge in [0, 0.05) is 23.2 Å². The number of carbonyl (C=O) groups is 1. The van der Waals surface area contributed by atoms with Crippen molar-refractivity contribution in [2.75, 3.05) is 17.7 Å². The van der Waals surface area contributed by atoms with Crippen LogP contribution in [-0.4, -0.2) is 37.5 Å². The molecule has 192 valence electrons. The molecule has 3 aromatic rings. The number of benzene rings is 2. The molecule has 0 spiro atoms. The van der Waals surface area contributed by atoms with Crippen LogP contribution >= 0.6 is 0 Å². The van der Waals surface area contributed by atoms with E-state index in [1.54, 1.807) is 19.1 Å².